The summed E-state index contributed by atoms with van der Waals surface area (Å²) in [4.78, 5) is 27.1. The number of ether oxygens (including phenoxy) is 1. The van der Waals surface area contributed by atoms with Gasteiger partial charge in [0.1, 0.15) is 5.69 Å². The fraction of sp³-hybridized carbons (Fsp3) is 0.235. The number of carbonyl (C=O) groups excluding carboxylic acids is 2. The Morgan fingerprint density at radius 3 is 2.58 bits per heavy atom. The lowest BCUT2D eigenvalue weighted by molar-refractivity contribution is 0.0525. The number of carbonyl (C=O) groups is 2. The standard InChI is InChI=1S/C17H18BrN3O3/c1-4-24-17(23)14-10(2)15(20-11(14)3)16(22)21-19-9-12-5-7-13(18)8-6-12/h5-9,20H,4H2,1-3H3,(H,21,22)/b19-9+. The number of rotatable bonds is 5. The van der Waals surface area contributed by atoms with Crippen LogP contribution in [0.3, 0.4) is 0 Å². The fourth-order valence-electron chi connectivity index (χ4n) is 2.26. The number of halogens is 1. The van der Waals surface area contributed by atoms with Gasteiger partial charge in [0.15, 0.2) is 0 Å². The molecule has 1 amide bonds. The molecule has 126 valence electrons. The van der Waals surface area contributed by atoms with Crippen LogP contribution in [0.1, 0.15) is 44.6 Å². The summed E-state index contributed by atoms with van der Waals surface area (Å²) in [5, 5.41) is 3.93. The van der Waals surface area contributed by atoms with Gasteiger partial charge >= 0.3 is 5.97 Å². The Balaban J connectivity index is 2.11. The third-order valence-corrected chi connectivity index (χ3v) is 3.92. The van der Waals surface area contributed by atoms with Crippen molar-refractivity contribution in [3.05, 3.63) is 56.8 Å². The summed E-state index contributed by atoms with van der Waals surface area (Å²) in [5.74, 6) is -0.860. The zero-order chi connectivity index (χ0) is 17.7. The first-order valence-electron chi connectivity index (χ1n) is 7.39. The van der Waals surface area contributed by atoms with Crippen LogP contribution in [-0.2, 0) is 4.74 Å². The predicted octanol–water partition coefficient (Wildman–Crippen LogP) is 3.33. The fourth-order valence-corrected chi connectivity index (χ4v) is 2.52. The highest BCUT2D eigenvalue weighted by atomic mass is 79.9. The number of nitrogens with zero attached hydrogens (tertiary/aromatic N) is 1. The molecule has 0 bridgehead atoms. The first kappa shape index (κ1) is 17.9. The normalized spacial score (nSPS) is 10.8. The van der Waals surface area contributed by atoms with Crippen LogP contribution in [0, 0.1) is 13.8 Å². The van der Waals surface area contributed by atoms with Crippen molar-refractivity contribution >= 4 is 34.0 Å². The largest absolute Gasteiger partial charge is 0.462 e. The van der Waals surface area contributed by atoms with Crippen LogP contribution in [0.15, 0.2) is 33.8 Å². The summed E-state index contributed by atoms with van der Waals surface area (Å²) in [7, 11) is 0. The van der Waals surface area contributed by atoms with Crippen LogP contribution >= 0.6 is 15.9 Å². The minimum Gasteiger partial charge on any atom is -0.462 e. The van der Waals surface area contributed by atoms with E-state index >= 15 is 0 Å². The number of hydrazone groups is 1. The maximum atomic E-state index is 12.2. The lowest BCUT2D eigenvalue weighted by Crippen LogP contribution is -2.19. The van der Waals surface area contributed by atoms with Gasteiger partial charge in [-0.05, 0) is 44.0 Å². The molecule has 1 heterocycles. The molecule has 0 radical (unpaired) electrons. The lowest BCUT2D eigenvalue weighted by atomic mass is 10.1. The molecule has 6 nitrogen and oxygen atoms in total. The van der Waals surface area contributed by atoms with Crippen molar-refractivity contribution in [2.24, 2.45) is 5.10 Å². The minimum atomic E-state index is -0.443. The van der Waals surface area contributed by atoms with E-state index in [0.29, 0.717) is 22.5 Å². The number of aromatic amines is 1. The smallest absolute Gasteiger partial charge is 0.340 e. The van der Waals surface area contributed by atoms with E-state index in [1.807, 2.05) is 24.3 Å². The van der Waals surface area contributed by atoms with Crippen molar-refractivity contribution in [3.8, 4) is 0 Å². The van der Waals surface area contributed by atoms with Crippen molar-refractivity contribution in [3.63, 3.8) is 0 Å². The molecule has 0 aliphatic rings. The van der Waals surface area contributed by atoms with Crippen molar-refractivity contribution in [1.82, 2.24) is 10.4 Å². The van der Waals surface area contributed by atoms with Gasteiger partial charge in [0.05, 0.1) is 18.4 Å². The average molecular weight is 392 g/mol. The van der Waals surface area contributed by atoms with Crippen LogP contribution in [0.25, 0.3) is 0 Å². The van der Waals surface area contributed by atoms with Gasteiger partial charge in [0.25, 0.3) is 5.91 Å². The van der Waals surface area contributed by atoms with E-state index in [4.69, 9.17) is 4.74 Å². The Labute approximate surface area is 148 Å². The summed E-state index contributed by atoms with van der Waals surface area (Å²) in [6.07, 6.45) is 1.54. The molecular weight excluding hydrogens is 374 g/mol. The molecular formula is C17H18BrN3O3. The first-order chi connectivity index (χ1) is 11.4. The van der Waals surface area contributed by atoms with Crippen molar-refractivity contribution in [2.75, 3.05) is 6.61 Å². The molecule has 0 spiro atoms. The van der Waals surface area contributed by atoms with E-state index in [0.717, 1.165) is 10.0 Å². The van der Waals surface area contributed by atoms with Gasteiger partial charge in [0.2, 0.25) is 0 Å². The van der Waals surface area contributed by atoms with Crippen molar-refractivity contribution < 1.29 is 14.3 Å². The molecule has 2 N–H and O–H groups in total. The van der Waals surface area contributed by atoms with Gasteiger partial charge in [-0.1, -0.05) is 28.1 Å². The molecule has 0 saturated heterocycles. The van der Waals surface area contributed by atoms with Gasteiger partial charge in [-0.15, -0.1) is 0 Å². The van der Waals surface area contributed by atoms with Crippen LogP contribution in [-0.4, -0.2) is 29.7 Å². The summed E-state index contributed by atoms with van der Waals surface area (Å²) >= 11 is 3.35. The lowest BCUT2D eigenvalue weighted by Gasteiger charge is -2.02. The van der Waals surface area contributed by atoms with Crippen LogP contribution in [0.4, 0.5) is 0 Å². The monoisotopic (exact) mass is 391 g/mol. The molecule has 0 unspecified atom stereocenters. The maximum Gasteiger partial charge on any atom is 0.340 e. The molecule has 1 aromatic heterocycles. The van der Waals surface area contributed by atoms with E-state index in [9.17, 15) is 9.59 Å². The van der Waals surface area contributed by atoms with Gasteiger partial charge in [-0.25, -0.2) is 10.2 Å². The number of hydrogen-bond acceptors (Lipinski definition) is 4. The van der Waals surface area contributed by atoms with E-state index < -0.39 is 11.9 Å². The molecule has 0 aliphatic heterocycles. The van der Waals surface area contributed by atoms with Gasteiger partial charge < -0.3 is 9.72 Å². The molecule has 0 aliphatic carbocycles. The second-order valence-electron chi connectivity index (χ2n) is 5.10. The molecule has 0 atom stereocenters. The number of benzene rings is 1. The van der Waals surface area contributed by atoms with E-state index in [1.165, 1.54) is 0 Å². The number of nitrogens with one attached hydrogen (secondary N) is 2. The van der Waals surface area contributed by atoms with Crippen LogP contribution < -0.4 is 5.43 Å². The Bertz CT molecular complexity index is 779. The van der Waals surface area contributed by atoms with Gasteiger partial charge in [0, 0.05) is 10.2 Å². The summed E-state index contributed by atoms with van der Waals surface area (Å²) < 4.78 is 5.97. The summed E-state index contributed by atoms with van der Waals surface area (Å²) in [5.41, 5.74) is 5.12. The molecule has 2 aromatic rings. The zero-order valence-electron chi connectivity index (χ0n) is 13.6. The highest BCUT2D eigenvalue weighted by Crippen LogP contribution is 2.19. The quantitative estimate of drug-likeness (QED) is 0.465. The second kappa shape index (κ2) is 7.92. The summed E-state index contributed by atoms with van der Waals surface area (Å²) in [6.45, 7) is 5.44. The number of aromatic nitrogens is 1. The molecule has 0 saturated carbocycles. The third-order valence-electron chi connectivity index (χ3n) is 3.39. The van der Waals surface area contributed by atoms with Crippen molar-refractivity contribution in [1.29, 1.82) is 0 Å². The molecule has 7 heteroatoms. The SMILES string of the molecule is CCOC(=O)c1c(C)[nH]c(C(=O)N/N=C/c2ccc(Br)cc2)c1C. The number of aryl methyl sites for hydroxylation is 1. The molecule has 24 heavy (non-hydrogen) atoms. The predicted molar refractivity (Wildman–Crippen MR) is 95.4 cm³/mol. The minimum absolute atomic E-state index is 0.280. The van der Waals surface area contributed by atoms with Crippen LogP contribution in [0.5, 0.6) is 0 Å². The van der Waals surface area contributed by atoms with E-state index in [2.05, 4.69) is 31.4 Å². The second-order valence-corrected chi connectivity index (χ2v) is 6.01. The Morgan fingerprint density at radius 2 is 1.96 bits per heavy atom. The number of hydrogen-bond donors (Lipinski definition) is 2. The zero-order valence-corrected chi connectivity index (χ0v) is 15.2. The van der Waals surface area contributed by atoms with E-state index in [1.54, 1.807) is 27.0 Å². The average Bonchev–Trinajstić information content (AvgIpc) is 2.84. The van der Waals surface area contributed by atoms with Gasteiger partial charge in [-0.3, -0.25) is 4.79 Å². The highest BCUT2D eigenvalue weighted by molar-refractivity contribution is 9.10. The summed E-state index contributed by atoms with van der Waals surface area (Å²) in [6, 6.07) is 7.49. The van der Waals surface area contributed by atoms with Gasteiger partial charge in [-0.2, -0.15) is 5.10 Å². The number of amides is 1. The van der Waals surface area contributed by atoms with Crippen LogP contribution in [0.2, 0.25) is 0 Å². The third kappa shape index (κ3) is 4.11. The topological polar surface area (TPSA) is 83.5 Å². The first-order valence-corrected chi connectivity index (χ1v) is 8.18. The molecule has 2 rings (SSSR count). The van der Waals surface area contributed by atoms with E-state index in [-0.39, 0.29) is 6.61 Å². The number of esters is 1. The Kier molecular flexibility index (Phi) is 5.92. The highest BCUT2D eigenvalue weighted by Gasteiger charge is 2.22. The number of H-pyrrole nitrogens is 1. The Hall–Kier alpha value is -2.41. The molecule has 1 aromatic carbocycles. The van der Waals surface area contributed by atoms with Crippen molar-refractivity contribution in [2.45, 2.75) is 20.8 Å². The Morgan fingerprint density at radius 1 is 1.29 bits per heavy atom. The maximum absolute atomic E-state index is 12.2. The molecule has 0 fully saturated rings.